The van der Waals surface area contributed by atoms with Gasteiger partial charge in [-0.2, -0.15) is 0 Å². The summed E-state index contributed by atoms with van der Waals surface area (Å²) in [6.07, 6.45) is 6.12. The maximum Gasteiger partial charge on any atom is 0.328 e. The average molecular weight is 240 g/mol. The number of carboxylic acids is 1. The highest BCUT2D eigenvalue weighted by atomic mass is 16.4. The molecule has 0 spiro atoms. The highest BCUT2D eigenvalue weighted by Crippen LogP contribution is 2.22. The predicted octanol–water partition coefficient (Wildman–Crippen LogP) is 2.63. The molecule has 1 aromatic carbocycles. The van der Waals surface area contributed by atoms with Crippen molar-refractivity contribution in [3.05, 3.63) is 54.6 Å². The van der Waals surface area contributed by atoms with Crippen molar-refractivity contribution in [2.45, 2.75) is 6.92 Å². The lowest BCUT2D eigenvalue weighted by Crippen LogP contribution is -1.90. The van der Waals surface area contributed by atoms with Crippen LogP contribution in [0.15, 0.2) is 49.1 Å². The minimum absolute atomic E-state index is 0.709. The molecule has 1 heterocycles. The third-order valence-electron chi connectivity index (χ3n) is 2.55. The second-order valence-electron chi connectivity index (χ2n) is 3.87. The summed E-state index contributed by atoms with van der Waals surface area (Å²) >= 11 is 0. The lowest BCUT2D eigenvalue weighted by Gasteiger charge is -2.04. The van der Waals surface area contributed by atoms with Crippen LogP contribution in [0.4, 0.5) is 0 Å². The van der Waals surface area contributed by atoms with Gasteiger partial charge in [-0.15, -0.1) is 0 Å². The van der Waals surface area contributed by atoms with Crippen LogP contribution in [0.1, 0.15) is 12.5 Å². The van der Waals surface area contributed by atoms with E-state index in [2.05, 4.69) is 9.97 Å². The Balaban J connectivity index is 2.40. The van der Waals surface area contributed by atoms with Crippen molar-refractivity contribution in [3.8, 4) is 11.1 Å². The molecule has 0 amide bonds. The number of aromatic nitrogens is 2. The van der Waals surface area contributed by atoms with E-state index in [1.165, 1.54) is 12.4 Å². The minimum atomic E-state index is -0.944. The van der Waals surface area contributed by atoms with Gasteiger partial charge in [0, 0.05) is 24.0 Å². The lowest BCUT2D eigenvalue weighted by molar-refractivity contribution is -0.131. The minimum Gasteiger partial charge on any atom is -0.478 e. The summed E-state index contributed by atoms with van der Waals surface area (Å²) < 4.78 is 0. The van der Waals surface area contributed by atoms with E-state index in [0.29, 0.717) is 5.57 Å². The maximum atomic E-state index is 10.6. The van der Waals surface area contributed by atoms with Crippen LogP contribution < -0.4 is 0 Å². The van der Waals surface area contributed by atoms with Crippen molar-refractivity contribution < 1.29 is 9.90 Å². The standard InChI is InChI=1S/C14H12N2O2/c1-10(5-14(17)18)11-3-2-4-12(6-11)13-7-15-9-16-8-13/h2-9H,1H3,(H,17,18)/b10-5+. The second-order valence-corrected chi connectivity index (χ2v) is 3.87. The van der Waals surface area contributed by atoms with Gasteiger partial charge in [-0.3, -0.25) is 0 Å². The van der Waals surface area contributed by atoms with Crippen molar-refractivity contribution >= 4 is 11.5 Å². The molecular formula is C14H12N2O2. The van der Waals surface area contributed by atoms with Gasteiger partial charge in [0.1, 0.15) is 6.33 Å². The topological polar surface area (TPSA) is 63.1 Å². The number of carboxylic acid groups (broad SMARTS) is 1. The zero-order chi connectivity index (χ0) is 13.0. The first-order valence-corrected chi connectivity index (χ1v) is 5.44. The van der Waals surface area contributed by atoms with Gasteiger partial charge in [0.15, 0.2) is 0 Å². The van der Waals surface area contributed by atoms with E-state index in [9.17, 15) is 4.79 Å². The van der Waals surface area contributed by atoms with Crippen LogP contribution in [-0.4, -0.2) is 21.0 Å². The van der Waals surface area contributed by atoms with E-state index < -0.39 is 5.97 Å². The quantitative estimate of drug-likeness (QED) is 0.838. The van der Waals surface area contributed by atoms with Crippen molar-refractivity contribution in [2.24, 2.45) is 0 Å². The van der Waals surface area contributed by atoms with Crippen LogP contribution in [0.3, 0.4) is 0 Å². The molecule has 2 aromatic rings. The first-order chi connectivity index (χ1) is 8.66. The van der Waals surface area contributed by atoms with Gasteiger partial charge in [-0.05, 0) is 29.7 Å². The summed E-state index contributed by atoms with van der Waals surface area (Å²) in [4.78, 5) is 18.6. The van der Waals surface area contributed by atoms with Gasteiger partial charge in [0.25, 0.3) is 0 Å². The molecule has 4 heteroatoms. The van der Waals surface area contributed by atoms with Crippen LogP contribution in [0.25, 0.3) is 16.7 Å². The fourth-order valence-corrected chi connectivity index (χ4v) is 1.66. The van der Waals surface area contributed by atoms with Gasteiger partial charge in [0.05, 0.1) is 0 Å². The monoisotopic (exact) mass is 240 g/mol. The van der Waals surface area contributed by atoms with E-state index in [4.69, 9.17) is 5.11 Å². The Hall–Kier alpha value is -2.49. The number of carbonyl (C=O) groups is 1. The Kier molecular flexibility index (Phi) is 3.48. The zero-order valence-corrected chi connectivity index (χ0v) is 9.87. The molecule has 18 heavy (non-hydrogen) atoms. The Bertz CT molecular complexity index is 592. The Labute approximate surface area is 105 Å². The van der Waals surface area contributed by atoms with Crippen molar-refractivity contribution in [1.29, 1.82) is 0 Å². The molecule has 0 radical (unpaired) electrons. The molecule has 0 saturated carbocycles. The van der Waals surface area contributed by atoms with Gasteiger partial charge in [-0.25, -0.2) is 14.8 Å². The van der Waals surface area contributed by atoms with Crippen molar-refractivity contribution in [3.63, 3.8) is 0 Å². The zero-order valence-electron chi connectivity index (χ0n) is 9.87. The molecule has 0 aliphatic rings. The summed E-state index contributed by atoms with van der Waals surface area (Å²) in [5, 5.41) is 8.74. The highest BCUT2D eigenvalue weighted by molar-refractivity contribution is 5.89. The first-order valence-electron chi connectivity index (χ1n) is 5.44. The number of aliphatic carboxylic acids is 1. The molecule has 0 unspecified atom stereocenters. The van der Waals surface area contributed by atoms with E-state index in [1.807, 2.05) is 24.3 Å². The smallest absolute Gasteiger partial charge is 0.328 e. The van der Waals surface area contributed by atoms with Crippen LogP contribution in [0, 0.1) is 0 Å². The molecule has 1 N–H and O–H groups in total. The Morgan fingerprint density at radius 3 is 2.61 bits per heavy atom. The number of hydrogen-bond acceptors (Lipinski definition) is 3. The second kappa shape index (κ2) is 5.23. The third kappa shape index (κ3) is 2.79. The lowest BCUT2D eigenvalue weighted by atomic mass is 10.0. The van der Waals surface area contributed by atoms with Gasteiger partial charge >= 0.3 is 5.97 Å². The molecule has 0 aliphatic heterocycles. The van der Waals surface area contributed by atoms with Gasteiger partial charge in [-0.1, -0.05) is 18.2 Å². The molecule has 1 aromatic heterocycles. The van der Waals surface area contributed by atoms with E-state index in [1.54, 1.807) is 19.3 Å². The van der Waals surface area contributed by atoms with E-state index in [-0.39, 0.29) is 0 Å². The Morgan fingerprint density at radius 1 is 1.22 bits per heavy atom. The number of rotatable bonds is 3. The molecule has 0 aliphatic carbocycles. The Morgan fingerprint density at radius 2 is 1.94 bits per heavy atom. The number of hydrogen-bond donors (Lipinski definition) is 1. The summed E-state index contributed by atoms with van der Waals surface area (Å²) in [6.45, 7) is 1.77. The molecule has 0 atom stereocenters. The van der Waals surface area contributed by atoms with Crippen LogP contribution in [0.2, 0.25) is 0 Å². The van der Waals surface area contributed by atoms with Crippen molar-refractivity contribution in [1.82, 2.24) is 9.97 Å². The largest absolute Gasteiger partial charge is 0.478 e. The molecule has 2 rings (SSSR count). The fraction of sp³-hybridized carbons (Fsp3) is 0.0714. The van der Waals surface area contributed by atoms with Crippen molar-refractivity contribution in [2.75, 3.05) is 0 Å². The van der Waals surface area contributed by atoms with Gasteiger partial charge in [0.2, 0.25) is 0 Å². The predicted molar refractivity (Wildman–Crippen MR) is 68.8 cm³/mol. The molecule has 4 nitrogen and oxygen atoms in total. The molecule has 0 bridgehead atoms. The SMILES string of the molecule is C/C(=C\C(=O)O)c1cccc(-c2cncnc2)c1. The normalized spacial score (nSPS) is 11.3. The average Bonchev–Trinajstić information content (AvgIpc) is 2.39. The van der Waals surface area contributed by atoms with E-state index in [0.717, 1.165) is 16.7 Å². The number of benzene rings is 1. The highest BCUT2D eigenvalue weighted by Gasteiger charge is 2.02. The first kappa shape index (κ1) is 12.0. The summed E-state index contributed by atoms with van der Waals surface area (Å²) in [6, 6.07) is 7.63. The third-order valence-corrected chi connectivity index (χ3v) is 2.55. The van der Waals surface area contributed by atoms with Crippen LogP contribution >= 0.6 is 0 Å². The summed E-state index contributed by atoms with van der Waals surface area (Å²) in [5.41, 5.74) is 3.45. The van der Waals surface area contributed by atoms with Crippen LogP contribution in [0.5, 0.6) is 0 Å². The molecule has 90 valence electrons. The molecule has 0 saturated heterocycles. The van der Waals surface area contributed by atoms with E-state index >= 15 is 0 Å². The maximum absolute atomic E-state index is 10.6. The number of nitrogens with zero attached hydrogens (tertiary/aromatic N) is 2. The van der Waals surface area contributed by atoms with Gasteiger partial charge < -0.3 is 5.11 Å². The number of allylic oxidation sites excluding steroid dienone is 1. The summed E-state index contributed by atoms with van der Waals surface area (Å²) in [5.74, 6) is -0.944. The molecular weight excluding hydrogens is 228 g/mol. The fourth-order valence-electron chi connectivity index (χ4n) is 1.66. The summed E-state index contributed by atoms with van der Waals surface area (Å²) in [7, 11) is 0. The molecule has 0 fully saturated rings. The van der Waals surface area contributed by atoms with Crippen LogP contribution in [-0.2, 0) is 4.79 Å².